The van der Waals surface area contributed by atoms with Gasteiger partial charge in [-0.15, -0.1) is 0 Å². The van der Waals surface area contributed by atoms with Gasteiger partial charge in [0.15, 0.2) is 0 Å². The normalized spacial score (nSPS) is 12.1. The quantitative estimate of drug-likeness (QED) is 0.808. The van der Waals surface area contributed by atoms with Gasteiger partial charge in [-0.05, 0) is 50.1 Å². The molecule has 0 saturated heterocycles. The van der Waals surface area contributed by atoms with Crippen LogP contribution < -0.4 is 10.1 Å². The summed E-state index contributed by atoms with van der Waals surface area (Å²) in [4.78, 5) is 0. The highest BCUT2D eigenvalue weighted by atomic mass is 16.5. The van der Waals surface area contributed by atoms with E-state index < -0.39 is 0 Å². The summed E-state index contributed by atoms with van der Waals surface area (Å²) in [5.41, 5.74) is 3.83. The van der Waals surface area contributed by atoms with E-state index in [0.717, 1.165) is 18.7 Å². The van der Waals surface area contributed by atoms with Crippen LogP contribution in [-0.4, -0.2) is 13.2 Å². The second-order valence-corrected chi connectivity index (χ2v) is 5.30. The first kappa shape index (κ1) is 15.6. The summed E-state index contributed by atoms with van der Waals surface area (Å²) in [6, 6.07) is 17.3. The lowest BCUT2D eigenvalue weighted by atomic mass is 9.97. The van der Waals surface area contributed by atoms with Crippen LogP contribution in [0.3, 0.4) is 0 Å². The fourth-order valence-corrected chi connectivity index (χ4v) is 2.43. The molecule has 0 fully saturated rings. The van der Waals surface area contributed by atoms with Crippen LogP contribution in [0.15, 0.2) is 48.5 Å². The van der Waals surface area contributed by atoms with Crippen molar-refractivity contribution in [2.45, 2.75) is 33.2 Å². The minimum absolute atomic E-state index is 0.214. The molecule has 1 unspecified atom stereocenters. The molecule has 2 heteroatoms. The molecule has 0 amide bonds. The van der Waals surface area contributed by atoms with E-state index in [1.807, 2.05) is 13.0 Å². The predicted octanol–water partition coefficient (Wildman–Crippen LogP) is 4.48. The number of hydrogen-bond acceptors (Lipinski definition) is 2. The average molecular weight is 283 g/mol. The smallest absolute Gasteiger partial charge is 0.119 e. The zero-order valence-corrected chi connectivity index (χ0v) is 13.2. The van der Waals surface area contributed by atoms with Crippen molar-refractivity contribution in [3.8, 4) is 5.75 Å². The predicted molar refractivity (Wildman–Crippen MR) is 88.9 cm³/mol. The molecule has 112 valence electrons. The van der Waals surface area contributed by atoms with Gasteiger partial charge in [-0.25, -0.2) is 0 Å². The highest BCUT2D eigenvalue weighted by molar-refractivity contribution is 5.37. The van der Waals surface area contributed by atoms with Crippen LogP contribution in [0.4, 0.5) is 0 Å². The van der Waals surface area contributed by atoms with Crippen molar-refractivity contribution in [3.63, 3.8) is 0 Å². The van der Waals surface area contributed by atoms with E-state index in [4.69, 9.17) is 4.74 Å². The summed E-state index contributed by atoms with van der Waals surface area (Å²) in [6.45, 7) is 8.02. The molecule has 21 heavy (non-hydrogen) atoms. The molecule has 0 saturated carbocycles. The van der Waals surface area contributed by atoms with Crippen LogP contribution in [0.2, 0.25) is 0 Å². The summed E-state index contributed by atoms with van der Waals surface area (Å²) in [5, 5.41) is 3.64. The van der Waals surface area contributed by atoms with Gasteiger partial charge in [0.25, 0.3) is 0 Å². The van der Waals surface area contributed by atoms with Crippen molar-refractivity contribution in [1.82, 2.24) is 5.32 Å². The topological polar surface area (TPSA) is 21.3 Å². The maximum atomic E-state index is 5.63. The van der Waals surface area contributed by atoms with Crippen molar-refractivity contribution in [2.24, 2.45) is 0 Å². The molecule has 0 heterocycles. The Morgan fingerprint density at radius 3 is 2.43 bits per heavy atom. The molecule has 2 aromatic carbocycles. The van der Waals surface area contributed by atoms with Gasteiger partial charge in [-0.2, -0.15) is 0 Å². The minimum atomic E-state index is 0.214. The van der Waals surface area contributed by atoms with Gasteiger partial charge < -0.3 is 10.1 Å². The Morgan fingerprint density at radius 1 is 1.00 bits per heavy atom. The fourth-order valence-electron chi connectivity index (χ4n) is 2.43. The van der Waals surface area contributed by atoms with Crippen molar-refractivity contribution in [1.29, 1.82) is 0 Å². The molecule has 1 atom stereocenters. The van der Waals surface area contributed by atoms with Gasteiger partial charge in [-0.3, -0.25) is 0 Å². The van der Waals surface area contributed by atoms with Crippen LogP contribution >= 0.6 is 0 Å². The largest absolute Gasteiger partial charge is 0.494 e. The summed E-state index contributed by atoms with van der Waals surface area (Å²) in [7, 11) is 0. The molecular formula is C19H25NO. The monoisotopic (exact) mass is 283 g/mol. The average Bonchev–Trinajstić information content (AvgIpc) is 2.50. The van der Waals surface area contributed by atoms with E-state index >= 15 is 0 Å². The van der Waals surface area contributed by atoms with Crippen molar-refractivity contribution in [2.75, 3.05) is 13.2 Å². The molecule has 2 rings (SSSR count). The first-order chi connectivity index (χ1) is 10.2. The zero-order chi connectivity index (χ0) is 15.1. The van der Waals surface area contributed by atoms with E-state index in [-0.39, 0.29) is 6.04 Å². The number of nitrogens with one attached hydrogen (secondary N) is 1. The minimum Gasteiger partial charge on any atom is -0.494 e. The van der Waals surface area contributed by atoms with Crippen molar-refractivity contribution >= 4 is 0 Å². The van der Waals surface area contributed by atoms with Crippen molar-refractivity contribution < 1.29 is 4.74 Å². The van der Waals surface area contributed by atoms with Crippen LogP contribution in [0, 0.1) is 6.92 Å². The lowest BCUT2D eigenvalue weighted by molar-refractivity contribution is 0.339. The fraction of sp³-hybridized carbons (Fsp3) is 0.368. The maximum Gasteiger partial charge on any atom is 0.119 e. The van der Waals surface area contributed by atoms with Crippen LogP contribution in [0.1, 0.15) is 43.0 Å². The van der Waals surface area contributed by atoms with E-state index in [2.05, 4.69) is 61.6 Å². The van der Waals surface area contributed by atoms with E-state index in [1.54, 1.807) is 0 Å². The van der Waals surface area contributed by atoms with Gasteiger partial charge in [0.1, 0.15) is 5.75 Å². The summed E-state index contributed by atoms with van der Waals surface area (Å²) < 4.78 is 5.63. The molecule has 2 aromatic rings. The molecule has 0 bridgehead atoms. The Labute approximate surface area is 128 Å². The van der Waals surface area contributed by atoms with Crippen LogP contribution in [0.25, 0.3) is 0 Å². The number of aryl methyl sites for hydroxylation is 1. The molecule has 0 spiro atoms. The van der Waals surface area contributed by atoms with E-state index in [0.29, 0.717) is 6.61 Å². The number of ether oxygens (including phenoxy) is 1. The Bertz CT molecular complexity index is 548. The van der Waals surface area contributed by atoms with Gasteiger partial charge in [0.05, 0.1) is 12.6 Å². The van der Waals surface area contributed by atoms with Gasteiger partial charge >= 0.3 is 0 Å². The summed E-state index contributed by atoms with van der Waals surface area (Å²) in [5.74, 6) is 0.936. The van der Waals surface area contributed by atoms with Gasteiger partial charge in [0.2, 0.25) is 0 Å². The maximum absolute atomic E-state index is 5.63. The highest BCUT2D eigenvalue weighted by Gasteiger charge is 2.13. The molecule has 0 aliphatic heterocycles. The lowest BCUT2D eigenvalue weighted by Crippen LogP contribution is -2.23. The van der Waals surface area contributed by atoms with E-state index in [1.165, 1.54) is 16.7 Å². The Kier molecular flexibility index (Phi) is 5.82. The molecular weight excluding hydrogens is 258 g/mol. The molecule has 0 aliphatic carbocycles. The first-order valence-electron chi connectivity index (χ1n) is 7.77. The van der Waals surface area contributed by atoms with Crippen molar-refractivity contribution in [3.05, 3.63) is 65.2 Å². The summed E-state index contributed by atoms with van der Waals surface area (Å²) >= 11 is 0. The third-order valence-electron chi connectivity index (χ3n) is 3.51. The highest BCUT2D eigenvalue weighted by Crippen LogP contribution is 2.25. The molecule has 0 aromatic heterocycles. The zero-order valence-electron chi connectivity index (χ0n) is 13.2. The molecule has 1 N–H and O–H groups in total. The number of rotatable bonds is 7. The standard InChI is InChI=1S/C19H25NO/c1-4-13-20-19(16-11-9-15(3)10-12-16)17-7-6-8-18(14-17)21-5-2/h6-12,14,19-20H,4-5,13H2,1-3H3. The first-order valence-corrected chi connectivity index (χ1v) is 7.77. The Hall–Kier alpha value is -1.80. The van der Waals surface area contributed by atoms with Crippen LogP contribution in [-0.2, 0) is 0 Å². The van der Waals surface area contributed by atoms with Gasteiger partial charge in [-0.1, -0.05) is 48.9 Å². The van der Waals surface area contributed by atoms with Crippen LogP contribution in [0.5, 0.6) is 5.75 Å². The second-order valence-electron chi connectivity index (χ2n) is 5.30. The van der Waals surface area contributed by atoms with E-state index in [9.17, 15) is 0 Å². The third kappa shape index (κ3) is 4.33. The second kappa shape index (κ2) is 7.84. The molecule has 0 aliphatic rings. The lowest BCUT2D eigenvalue weighted by Gasteiger charge is -2.20. The molecule has 2 nitrogen and oxygen atoms in total. The SMILES string of the molecule is CCCNC(c1ccc(C)cc1)c1cccc(OCC)c1. The number of benzene rings is 2. The van der Waals surface area contributed by atoms with Gasteiger partial charge in [0, 0.05) is 0 Å². The number of hydrogen-bond donors (Lipinski definition) is 1. The summed E-state index contributed by atoms with van der Waals surface area (Å²) in [6.07, 6.45) is 1.12. The Morgan fingerprint density at radius 2 is 1.76 bits per heavy atom. The third-order valence-corrected chi connectivity index (χ3v) is 3.51. The molecule has 0 radical (unpaired) electrons. The Balaban J connectivity index is 2.30.